The Morgan fingerprint density at radius 1 is 0.850 bits per heavy atom. The van der Waals surface area contributed by atoms with Crippen molar-refractivity contribution in [3.8, 4) is 0 Å². The number of para-hydroxylation sites is 1. The first-order valence-electron chi connectivity index (χ1n) is 14.0. The highest BCUT2D eigenvalue weighted by molar-refractivity contribution is 7.92. The molecule has 1 atom stereocenters. The number of hydrogen-bond donors (Lipinski definition) is 1. The summed E-state index contributed by atoms with van der Waals surface area (Å²) in [6.07, 6.45) is 2.76. The van der Waals surface area contributed by atoms with Crippen LogP contribution in [0.15, 0.2) is 83.8 Å². The lowest BCUT2D eigenvalue weighted by Gasteiger charge is -2.34. The van der Waals surface area contributed by atoms with E-state index in [1.165, 1.54) is 21.3 Å². The second-order valence-corrected chi connectivity index (χ2v) is 11.7. The molecule has 1 N–H and O–H groups in total. The van der Waals surface area contributed by atoms with Crippen LogP contribution in [0.1, 0.15) is 56.7 Å². The van der Waals surface area contributed by atoms with Gasteiger partial charge in [-0.05, 0) is 61.1 Å². The number of carbonyl (C=O) groups excluding carboxylic acids is 2. The number of nitrogens with one attached hydrogen (secondary N) is 1. The van der Waals surface area contributed by atoms with Crippen molar-refractivity contribution in [1.82, 2.24) is 10.2 Å². The van der Waals surface area contributed by atoms with Crippen molar-refractivity contribution in [2.45, 2.75) is 70.9 Å². The Kier molecular flexibility index (Phi) is 11.3. The van der Waals surface area contributed by atoms with Gasteiger partial charge >= 0.3 is 0 Å². The van der Waals surface area contributed by atoms with Gasteiger partial charge in [-0.25, -0.2) is 8.42 Å². The summed E-state index contributed by atoms with van der Waals surface area (Å²) in [6.45, 7) is 8.12. The molecule has 0 spiro atoms. The van der Waals surface area contributed by atoms with Crippen LogP contribution >= 0.6 is 0 Å². The average Bonchev–Trinajstić information content (AvgIpc) is 2.97. The fourth-order valence-electron chi connectivity index (χ4n) is 4.68. The second kappa shape index (κ2) is 14.7. The van der Waals surface area contributed by atoms with Gasteiger partial charge in [0.1, 0.15) is 12.6 Å². The standard InChI is InChI=1S/C32H41N3O4S/c1-5-8-22-33-32(37)29(7-3)34(23-27-18-13-12-16-25(27)4)31(36)24-35(30-21-15-14-17-26(30)6-2)40(38,39)28-19-10-9-11-20-28/h9-21,29H,5-8,22-24H2,1-4H3,(H,33,37)/t29-/m0/s1. The van der Waals surface area contributed by atoms with E-state index < -0.39 is 28.5 Å². The van der Waals surface area contributed by atoms with E-state index in [1.54, 1.807) is 30.3 Å². The lowest BCUT2D eigenvalue weighted by molar-refractivity contribution is -0.140. The van der Waals surface area contributed by atoms with Crippen molar-refractivity contribution in [1.29, 1.82) is 0 Å². The molecule has 0 saturated heterocycles. The van der Waals surface area contributed by atoms with Gasteiger partial charge in [0.05, 0.1) is 10.6 Å². The fourth-order valence-corrected chi connectivity index (χ4v) is 6.16. The molecule has 40 heavy (non-hydrogen) atoms. The zero-order valence-corrected chi connectivity index (χ0v) is 24.8. The largest absolute Gasteiger partial charge is 0.354 e. The number of sulfonamides is 1. The van der Waals surface area contributed by atoms with Gasteiger partial charge in [0.15, 0.2) is 0 Å². The van der Waals surface area contributed by atoms with Crippen LogP contribution in [0.4, 0.5) is 5.69 Å². The van der Waals surface area contributed by atoms with Crippen molar-refractivity contribution in [2.24, 2.45) is 0 Å². The molecule has 3 aromatic rings. The summed E-state index contributed by atoms with van der Waals surface area (Å²) in [5, 5.41) is 2.97. The molecule has 8 heteroatoms. The maximum atomic E-state index is 14.2. The van der Waals surface area contributed by atoms with Gasteiger partial charge in [-0.3, -0.25) is 13.9 Å². The first-order valence-corrected chi connectivity index (χ1v) is 15.5. The number of amides is 2. The van der Waals surface area contributed by atoms with Crippen LogP contribution < -0.4 is 9.62 Å². The summed E-state index contributed by atoms with van der Waals surface area (Å²) in [4.78, 5) is 29.1. The number of rotatable bonds is 14. The molecular weight excluding hydrogens is 522 g/mol. The quantitative estimate of drug-likeness (QED) is 0.263. The van der Waals surface area contributed by atoms with Crippen molar-refractivity contribution < 1.29 is 18.0 Å². The molecular formula is C32H41N3O4S. The maximum Gasteiger partial charge on any atom is 0.264 e. The van der Waals surface area contributed by atoms with E-state index in [9.17, 15) is 18.0 Å². The molecule has 7 nitrogen and oxygen atoms in total. The molecule has 0 heterocycles. The number of hydrogen-bond acceptors (Lipinski definition) is 4. The third-order valence-corrected chi connectivity index (χ3v) is 8.84. The third kappa shape index (κ3) is 7.50. The van der Waals surface area contributed by atoms with Gasteiger partial charge in [0.25, 0.3) is 10.0 Å². The smallest absolute Gasteiger partial charge is 0.264 e. The Bertz CT molecular complexity index is 1380. The summed E-state index contributed by atoms with van der Waals surface area (Å²) in [5.41, 5.74) is 3.16. The Morgan fingerprint density at radius 2 is 1.48 bits per heavy atom. The zero-order valence-electron chi connectivity index (χ0n) is 24.0. The maximum absolute atomic E-state index is 14.2. The number of unbranched alkanes of at least 4 members (excludes halogenated alkanes) is 1. The second-order valence-electron chi connectivity index (χ2n) is 9.82. The van der Waals surface area contributed by atoms with Crippen LogP contribution in [-0.4, -0.2) is 44.3 Å². The van der Waals surface area contributed by atoms with Crippen molar-refractivity contribution in [3.05, 3.63) is 95.6 Å². The summed E-state index contributed by atoms with van der Waals surface area (Å²) in [7, 11) is -4.08. The van der Waals surface area contributed by atoms with E-state index >= 15 is 0 Å². The summed E-state index contributed by atoms with van der Waals surface area (Å²) < 4.78 is 29.2. The van der Waals surface area contributed by atoms with Gasteiger partial charge < -0.3 is 10.2 Å². The lowest BCUT2D eigenvalue weighted by atomic mass is 10.1. The number of nitrogens with zero attached hydrogens (tertiary/aromatic N) is 2. The summed E-state index contributed by atoms with van der Waals surface area (Å²) >= 11 is 0. The monoisotopic (exact) mass is 563 g/mol. The van der Waals surface area contributed by atoms with Crippen LogP contribution in [0.25, 0.3) is 0 Å². The molecule has 0 aliphatic carbocycles. The molecule has 0 radical (unpaired) electrons. The van der Waals surface area contributed by atoms with Gasteiger partial charge in [0, 0.05) is 13.1 Å². The average molecular weight is 564 g/mol. The molecule has 214 valence electrons. The zero-order chi connectivity index (χ0) is 29.1. The van der Waals surface area contributed by atoms with E-state index in [0.29, 0.717) is 25.1 Å². The normalized spacial score (nSPS) is 12.0. The SMILES string of the molecule is CCCCNC(=O)[C@H](CC)N(Cc1ccccc1C)C(=O)CN(c1ccccc1CC)S(=O)(=O)c1ccccc1. The third-order valence-electron chi connectivity index (χ3n) is 7.07. The molecule has 0 unspecified atom stereocenters. The highest BCUT2D eigenvalue weighted by Gasteiger charge is 2.34. The van der Waals surface area contributed by atoms with Gasteiger partial charge in [0.2, 0.25) is 11.8 Å². The van der Waals surface area contributed by atoms with E-state index in [0.717, 1.165) is 29.5 Å². The highest BCUT2D eigenvalue weighted by atomic mass is 32.2. The van der Waals surface area contributed by atoms with E-state index in [1.807, 2.05) is 64.1 Å². The molecule has 0 aromatic heterocycles. The molecule has 0 bridgehead atoms. The summed E-state index contributed by atoms with van der Waals surface area (Å²) in [6, 6.07) is 22.3. The predicted molar refractivity (Wildman–Crippen MR) is 161 cm³/mol. The summed E-state index contributed by atoms with van der Waals surface area (Å²) in [5.74, 6) is -0.671. The van der Waals surface area contributed by atoms with Crippen LogP contribution in [0.3, 0.4) is 0 Å². The molecule has 3 aromatic carbocycles. The number of aryl methyl sites for hydroxylation is 2. The van der Waals surface area contributed by atoms with E-state index in [-0.39, 0.29) is 17.3 Å². The van der Waals surface area contributed by atoms with Gasteiger partial charge in [-0.2, -0.15) is 0 Å². The van der Waals surface area contributed by atoms with Crippen molar-refractivity contribution in [3.63, 3.8) is 0 Å². The Balaban J connectivity index is 2.07. The number of anilines is 1. The Hall–Kier alpha value is -3.65. The molecule has 0 aliphatic heterocycles. The van der Waals surface area contributed by atoms with E-state index in [2.05, 4.69) is 5.32 Å². The van der Waals surface area contributed by atoms with Crippen molar-refractivity contribution >= 4 is 27.5 Å². The first-order chi connectivity index (χ1) is 19.2. The van der Waals surface area contributed by atoms with Gasteiger partial charge in [-0.15, -0.1) is 0 Å². The highest BCUT2D eigenvalue weighted by Crippen LogP contribution is 2.28. The minimum absolute atomic E-state index is 0.100. The lowest BCUT2D eigenvalue weighted by Crippen LogP contribution is -2.52. The fraction of sp³-hybridized carbons (Fsp3) is 0.375. The first kappa shape index (κ1) is 30.9. The molecule has 0 fully saturated rings. The van der Waals surface area contributed by atoms with Crippen molar-refractivity contribution in [2.75, 3.05) is 17.4 Å². The predicted octanol–water partition coefficient (Wildman–Crippen LogP) is 5.48. The number of carbonyl (C=O) groups is 2. The molecule has 3 rings (SSSR count). The minimum atomic E-state index is -4.08. The van der Waals surface area contributed by atoms with Crippen LogP contribution in [0.5, 0.6) is 0 Å². The van der Waals surface area contributed by atoms with Crippen LogP contribution in [0, 0.1) is 6.92 Å². The van der Waals surface area contributed by atoms with E-state index in [4.69, 9.17) is 0 Å². The molecule has 0 saturated carbocycles. The Labute approximate surface area is 239 Å². The van der Waals surface area contributed by atoms with Gasteiger partial charge in [-0.1, -0.05) is 87.9 Å². The Morgan fingerprint density at radius 3 is 2.10 bits per heavy atom. The van der Waals surface area contributed by atoms with Crippen LogP contribution in [0.2, 0.25) is 0 Å². The van der Waals surface area contributed by atoms with Crippen LogP contribution in [-0.2, 0) is 32.6 Å². The molecule has 2 amide bonds. The molecule has 0 aliphatic rings. The number of benzene rings is 3. The topological polar surface area (TPSA) is 86.8 Å². The minimum Gasteiger partial charge on any atom is -0.354 e.